The zero-order valence-corrected chi connectivity index (χ0v) is 14.9. The molecule has 3 rings (SSSR count). The summed E-state index contributed by atoms with van der Waals surface area (Å²) in [4.78, 5) is 3.75. The molecule has 0 amide bonds. The molecule has 126 valence electrons. The van der Waals surface area contributed by atoms with E-state index in [2.05, 4.69) is 58.7 Å². The maximum Gasteiger partial charge on any atom is 0.0794 e. The van der Waals surface area contributed by atoms with Crippen LogP contribution in [0.25, 0.3) is 10.6 Å². The van der Waals surface area contributed by atoms with Gasteiger partial charge in [-0.3, -0.25) is 10.00 Å². The third kappa shape index (κ3) is 4.20. The van der Waals surface area contributed by atoms with Crippen LogP contribution in [0, 0.1) is 0 Å². The molecule has 0 radical (unpaired) electrons. The monoisotopic (exact) mass is 334 g/mol. The fraction of sp³-hybridized carbons (Fsp3) is 0.588. The smallest absolute Gasteiger partial charge is 0.0794 e. The van der Waals surface area contributed by atoms with Crippen LogP contribution in [0.5, 0.6) is 0 Å². The van der Waals surface area contributed by atoms with Crippen LogP contribution in [-0.2, 0) is 11.3 Å². The normalized spacial score (nSPS) is 24.0. The van der Waals surface area contributed by atoms with E-state index in [4.69, 9.17) is 4.74 Å². The van der Waals surface area contributed by atoms with Gasteiger partial charge in [-0.2, -0.15) is 5.10 Å². The Morgan fingerprint density at radius 3 is 2.91 bits per heavy atom. The largest absolute Gasteiger partial charge is 0.373 e. The molecule has 0 aromatic carbocycles. The molecule has 2 N–H and O–H groups in total. The predicted octanol–water partition coefficient (Wildman–Crippen LogP) is 2.73. The number of nitrogens with zero attached hydrogens (tertiary/aromatic N) is 2. The van der Waals surface area contributed by atoms with E-state index in [1.54, 1.807) is 11.3 Å². The summed E-state index contributed by atoms with van der Waals surface area (Å²) >= 11 is 1.74. The van der Waals surface area contributed by atoms with E-state index in [-0.39, 0.29) is 0 Å². The SMILES string of the molecule is CC1CN(C(C)CNCc2cn[nH]c2-c2cccs2)CC(C)O1. The second kappa shape index (κ2) is 7.57. The first kappa shape index (κ1) is 16.6. The Hall–Kier alpha value is -1.21. The van der Waals surface area contributed by atoms with Crippen molar-refractivity contribution in [3.63, 3.8) is 0 Å². The highest BCUT2D eigenvalue weighted by Crippen LogP contribution is 2.25. The van der Waals surface area contributed by atoms with Crippen molar-refractivity contribution in [2.45, 2.75) is 45.6 Å². The quantitative estimate of drug-likeness (QED) is 0.853. The highest BCUT2D eigenvalue weighted by Gasteiger charge is 2.25. The number of aromatic amines is 1. The third-order valence-electron chi connectivity index (χ3n) is 4.31. The maximum absolute atomic E-state index is 5.81. The fourth-order valence-corrected chi connectivity index (χ4v) is 3.96. The van der Waals surface area contributed by atoms with Crippen LogP contribution in [0.15, 0.2) is 23.7 Å². The van der Waals surface area contributed by atoms with E-state index >= 15 is 0 Å². The topological polar surface area (TPSA) is 53.2 Å². The minimum absolute atomic E-state index is 0.320. The molecule has 1 aliphatic rings. The molecule has 1 saturated heterocycles. The molecular weight excluding hydrogens is 308 g/mol. The van der Waals surface area contributed by atoms with Gasteiger partial charge in [0.15, 0.2) is 0 Å². The lowest BCUT2D eigenvalue weighted by atomic mass is 10.1. The van der Waals surface area contributed by atoms with Crippen LogP contribution in [0.4, 0.5) is 0 Å². The lowest BCUT2D eigenvalue weighted by molar-refractivity contribution is -0.0781. The molecule has 3 atom stereocenters. The Morgan fingerprint density at radius 1 is 1.43 bits per heavy atom. The summed E-state index contributed by atoms with van der Waals surface area (Å²) in [6.45, 7) is 10.4. The predicted molar refractivity (Wildman–Crippen MR) is 94.7 cm³/mol. The number of H-pyrrole nitrogens is 1. The molecule has 3 heterocycles. The second-order valence-corrected chi connectivity index (χ2v) is 7.39. The molecule has 1 fully saturated rings. The van der Waals surface area contributed by atoms with Crippen LogP contribution < -0.4 is 5.32 Å². The maximum atomic E-state index is 5.81. The van der Waals surface area contributed by atoms with E-state index in [1.807, 2.05) is 6.20 Å². The number of ether oxygens (including phenoxy) is 1. The number of thiophene rings is 1. The van der Waals surface area contributed by atoms with Gasteiger partial charge in [0.05, 0.1) is 29.0 Å². The molecule has 6 heteroatoms. The molecule has 2 aromatic heterocycles. The van der Waals surface area contributed by atoms with Crippen LogP contribution in [0.3, 0.4) is 0 Å². The number of morpholine rings is 1. The highest BCUT2D eigenvalue weighted by atomic mass is 32.1. The standard InChI is InChI=1S/C17H26N4OS/c1-12(21-10-13(2)22-14(3)11-21)7-18-8-15-9-19-20-17(15)16-5-4-6-23-16/h4-6,9,12-14,18H,7-8,10-11H2,1-3H3,(H,19,20). The molecule has 5 nitrogen and oxygen atoms in total. The van der Waals surface area contributed by atoms with Gasteiger partial charge in [0, 0.05) is 37.8 Å². The molecule has 23 heavy (non-hydrogen) atoms. The summed E-state index contributed by atoms with van der Waals surface area (Å²) in [5.41, 5.74) is 2.36. The highest BCUT2D eigenvalue weighted by molar-refractivity contribution is 7.13. The first-order valence-electron chi connectivity index (χ1n) is 8.30. The van der Waals surface area contributed by atoms with Crippen molar-refractivity contribution in [1.29, 1.82) is 0 Å². The van der Waals surface area contributed by atoms with Gasteiger partial charge in [-0.1, -0.05) is 6.07 Å². The average Bonchev–Trinajstić information content (AvgIpc) is 3.16. The van der Waals surface area contributed by atoms with Crippen LogP contribution in [0.1, 0.15) is 26.3 Å². The van der Waals surface area contributed by atoms with Gasteiger partial charge in [-0.05, 0) is 32.2 Å². The van der Waals surface area contributed by atoms with E-state index in [9.17, 15) is 0 Å². The lowest BCUT2D eigenvalue weighted by Gasteiger charge is -2.39. The van der Waals surface area contributed by atoms with Crippen molar-refractivity contribution in [2.24, 2.45) is 0 Å². The van der Waals surface area contributed by atoms with Gasteiger partial charge >= 0.3 is 0 Å². The number of aromatic nitrogens is 2. The van der Waals surface area contributed by atoms with Gasteiger partial charge in [0.2, 0.25) is 0 Å². The number of nitrogens with one attached hydrogen (secondary N) is 2. The van der Waals surface area contributed by atoms with Crippen molar-refractivity contribution in [1.82, 2.24) is 20.4 Å². The summed E-state index contributed by atoms with van der Waals surface area (Å²) < 4.78 is 5.81. The first-order valence-corrected chi connectivity index (χ1v) is 9.17. The minimum Gasteiger partial charge on any atom is -0.373 e. The zero-order valence-electron chi connectivity index (χ0n) is 14.1. The first-order chi connectivity index (χ1) is 11.1. The van der Waals surface area contributed by atoms with Crippen molar-refractivity contribution in [2.75, 3.05) is 19.6 Å². The van der Waals surface area contributed by atoms with Crippen molar-refractivity contribution >= 4 is 11.3 Å². The average molecular weight is 334 g/mol. The van der Waals surface area contributed by atoms with Crippen LogP contribution in [-0.4, -0.2) is 53.0 Å². The van der Waals surface area contributed by atoms with Gasteiger partial charge in [0.1, 0.15) is 0 Å². The van der Waals surface area contributed by atoms with Crippen LogP contribution in [0.2, 0.25) is 0 Å². The van der Waals surface area contributed by atoms with E-state index in [1.165, 1.54) is 10.4 Å². The molecule has 1 aliphatic heterocycles. The van der Waals surface area contributed by atoms with Crippen LogP contribution >= 0.6 is 11.3 Å². The Morgan fingerprint density at radius 2 is 2.22 bits per heavy atom. The third-order valence-corrected chi connectivity index (χ3v) is 5.20. The van der Waals surface area contributed by atoms with E-state index in [0.29, 0.717) is 18.2 Å². The van der Waals surface area contributed by atoms with Gasteiger partial charge in [0.25, 0.3) is 0 Å². The molecule has 2 aromatic rings. The summed E-state index contributed by atoms with van der Waals surface area (Å²) in [5, 5.41) is 13.0. The molecule has 0 bridgehead atoms. The van der Waals surface area contributed by atoms with E-state index < -0.39 is 0 Å². The van der Waals surface area contributed by atoms with Crippen molar-refractivity contribution in [3.8, 4) is 10.6 Å². The Labute approximate surface area is 142 Å². The van der Waals surface area contributed by atoms with Crippen molar-refractivity contribution < 1.29 is 4.74 Å². The van der Waals surface area contributed by atoms with Gasteiger partial charge in [-0.15, -0.1) is 11.3 Å². The van der Waals surface area contributed by atoms with Gasteiger partial charge in [-0.25, -0.2) is 0 Å². The molecule has 3 unspecified atom stereocenters. The molecule has 0 saturated carbocycles. The minimum atomic E-state index is 0.320. The number of rotatable bonds is 6. The molecular formula is C17H26N4OS. The second-order valence-electron chi connectivity index (χ2n) is 6.44. The molecule has 0 spiro atoms. The number of hydrogen-bond donors (Lipinski definition) is 2. The summed E-state index contributed by atoms with van der Waals surface area (Å²) in [6, 6.07) is 4.70. The number of hydrogen-bond acceptors (Lipinski definition) is 5. The zero-order chi connectivity index (χ0) is 16.2. The Kier molecular flexibility index (Phi) is 5.48. The van der Waals surface area contributed by atoms with E-state index in [0.717, 1.165) is 31.9 Å². The summed E-state index contributed by atoms with van der Waals surface area (Å²) in [7, 11) is 0. The van der Waals surface area contributed by atoms with Crippen molar-refractivity contribution in [3.05, 3.63) is 29.3 Å². The lowest BCUT2D eigenvalue weighted by Crippen LogP contribution is -2.51. The summed E-state index contributed by atoms with van der Waals surface area (Å²) in [6.07, 6.45) is 2.56. The fourth-order valence-electron chi connectivity index (χ4n) is 3.20. The van der Waals surface area contributed by atoms with Gasteiger partial charge < -0.3 is 10.1 Å². The molecule has 0 aliphatic carbocycles. The Bertz CT molecular complexity index is 588. The summed E-state index contributed by atoms with van der Waals surface area (Å²) in [5.74, 6) is 0. The Balaban J connectivity index is 1.51.